The zero-order valence-electron chi connectivity index (χ0n) is 22.0. The van der Waals surface area contributed by atoms with E-state index in [1.807, 2.05) is 27.7 Å². The minimum Gasteiger partial charge on any atom is -0.444 e. The van der Waals surface area contributed by atoms with Crippen molar-refractivity contribution in [2.45, 2.75) is 66.5 Å². The topological polar surface area (TPSA) is 93.4 Å². The fraction of sp³-hybridized carbons (Fsp3) is 0.462. The Kier molecular flexibility index (Phi) is 8.28. The summed E-state index contributed by atoms with van der Waals surface area (Å²) in [4.78, 5) is 19.9. The van der Waals surface area contributed by atoms with Gasteiger partial charge in [0.25, 0.3) is 5.78 Å². The van der Waals surface area contributed by atoms with Crippen LogP contribution in [0, 0.1) is 28.9 Å². The van der Waals surface area contributed by atoms with Gasteiger partial charge in [0.15, 0.2) is 0 Å². The predicted octanol–water partition coefficient (Wildman–Crippen LogP) is 5.84. The molecule has 11 heteroatoms. The number of ether oxygens (including phenoxy) is 1. The van der Waals surface area contributed by atoms with E-state index in [0.717, 1.165) is 12.1 Å². The first-order chi connectivity index (χ1) is 17.2. The largest absolute Gasteiger partial charge is 0.444 e. The molecule has 198 valence electrons. The smallest absolute Gasteiger partial charge is 0.407 e. The lowest BCUT2D eigenvalue weighted by Gasteiger charge is -2.30. The van der Waals surface area contributed by atoms with Gasteiger partial charge < -0.3 is 15.4 Å². The van der Waals surface area contributed by atoms with Crippen LogP contribution >= 0.6 is 11.6 Å². The van der Waals surface area contributed by atoms with Crippen molar-refractivity contribution in [2.75, 3.05) is 11.9 Å². The van der Waals surface area contributed by atoms with Gasteiger partial charge in [0, 0.05) is 24.6 Å². The fourth-order valence-electron chi connectivity index (χ4n) is 3.18. The van der Waals surface area contributed by atoms with E-state index in [9.17, 15) is 4.79 Å². The van der Waals surface area contributed by atoms with Gasteiger partial charge >= 0.3 is 6.09 Å². The molecule has 8 nitrogen and oxygen atoms in total. The highest BCUT2D eigenvalue weighted by Gasteiger charge is 2.27. The number of aromatic nitrogens is 4. The molecule has 0 radical (unpaired) electrons. The molecule has 0 bridgehead atoms. The summed E-state index contributed by atoms with van der Waals surface area (Å²) in [6, 6.07) is 2.14. The molecular formula is C26H31ClF2N6O2. The molecular weight excluding hydrogens is 502 g/mol. The number of hydrogen-bond acceptors (Lipinski definition) is 6. The molecule has 2 heterocycles. The van der Waals surface area contributed by atoms with Crippen molar-refractivity contribution in [3.05, 3.63) is 40.8 Å². The van der Waals surface area contributed by atoms with Crippen LogP contribution in [-0.4, -0.2) is 43.9 Å². The molecule has 1 atom stereocenters. The zero-order valence-corrected chi connectivity index (χ0v) is 22.7. The summed E-state index contributed by atoms with van der Waals surface area (Å²) >= 11 is 6.43. The number of amides is 1. The molecule has 3 rings (SSSR count). The van der Waals surface area contributed by atoms with Crippen LogP contribution in [0.2, 0.25) is 5.15 Å². The Bertz CT molecular complexity index is 1340. The first-order valence-corrected chi connectivity index (χ1v) is 12.2. The number of nitrogens with zero attached hydrogens (tertiary/aromatic N) is 4. The summed E-state index contributed by atoms with van der Waals surface area (Å²) in [5.74, 6) is 4.27. The van der Waals surface area contributed by atoms with Gasteiger partial charge in [-0.05, 0) is 45.2 Å². The Morgan fingerprint density at radius 1 is 1.16 bits per heavy atom. The van der Waals surface area contributed by atoms with Crippen LogP contribution in [0.3, 0.4) is 0 Å². The van der Waals surface area contributed by atoms with E-state index < -0.39 is 23.3 Å². The third-order valence-electron chi connectivity index (χ3n) is 5.48. The number of carbonyl (C=O) groups excluding carboxylic acids is 1. The lowest BCUT2D eigenvalue weighted by Crippen LogP contribution is -2.32. The van der Waals surface area contributed by atoms with Crippen molar-refractivity contribution in [1.82, 2.24) is 24.9 Å². The Morgan fingerprint density at radius 3 is 2.41 bits per heavy atom. The zero-order chi connectivity index (χ0) is 27.5. The SMILES string of the molecule is CC(Nc1c(-c2c(F)cc(C#CCCNC(=O)OC(C)(C)C)cc2F)c(Cl)nc2ncnn12)C(C)(C)C. The van der Waals surface area contributed by atoms with Crippen LogP contribution in [-0.2, 0) is 4.74 Å². The summed E-state index contributed by atoms with van der Waals surface area (Å²) in [5, 5.41) is 9.91. The number of rotatable bonds is 5. The summed E-state index contributed by atoms with van der Waals surface area (Å²) in [7, 11) is 0. The van der Waals surface area contributed by atoms with Crippen molar-refractivity contribution >= 4 is 29.3 Å². The molecule has 0 aliphatic rings. The van der Waals surface area contributed by atoms with E-state index in [0.29, 0.717) is 0 Å². The lowest BCUT2D eigenvalue weighted by atomic mass is 9.88. The van der Waals surface area contributed by atoms with Crippen LogP contribution in [0.25, 0.3) is 16.9 Å². The second-order valence-electron chi connectivity index (χ2n) is 10.6. The predicted molar refractivity (Wildman–Crippen MR) is 139 cm³/mol. The van der Waals surface area contributed by atoms with E-state index in [-0.39, 0.29) is 57.9 Å². The quantitative estimate of drug-likeness (QED) is 0.244. The highest BCUT2D eigenvalue weighted by Crippen LogP contribution is 2.39. The lowest BCUT2D eigenvalue weighted by molar-refractivity contribution is 0.0529. The summed E-state index contributed by atoms with van der Waals surface area (Å²) in [5.41, 5.74) is -0.972. The van der Waals surface area contributed by atoms with Crippen LogP contribution in [0.4, 0.5) is 19.4 Å². The normalized spacial score (nSPS) is 12.6. The summed E-state index contributed by atoms with van der Waals surface area (Å²) in [6.45, 7) is 13.6. The van der Waals surface area contributed by atoms with Gasteiger partial charge in [0.1, 0.15) is 34.5 Å². The number of halogens is 3. The molecule has 37 heavy (non-hydrogen) atoms. The number of carbonyl (C=O) groups is 1. The Balaban J connectivity index is 1.90. The maximum Gasteiger partial charge on any atom is 0.407 e. The van der Waals surface area contributed by atoms with Gasteiger partial charge in [-0.15, -0.1) is 0 Å². The average molecular weight is 533 g/mol. The maximum absolute atomic E-state index is 15.4. The van der Waals surface area contributed by atoms with Crippen LogP contribution < -0.4 is 10.6 Å². The second-order valence-corrected chi connectivity index (χ2v) is 11.0. The standard InChI is InChI=1S/C26H31ClF2N6O2/c1-15(25(2,3)4)33-22-20(21(27)34-23-31-14-32-35(22)23)19-17(28)12-16(13-18(19)29)10-8-9-11-30-24(36)37-26(5,6)7/h12-15,33H,9,11H2,1-7H3,(H,30,36). The van der Waals surface area contributed by atoms with E-state index in [2.05, 4.69) is 37.5 Å². The average Bonchev–Trinajstić information content (AvgIpc) is 3.21. The van der Waals surface area contributed by atoms with Gasteiger partial charge in [0.05, 0.1) is 11.1 Å². The minimum atomic E-state index is -0.856. The Hall–Kier alpha value is -3.45. The molecule has 1 aromatic carbocycles. The minimum absolute atomic E-state index is 0.0341. The molecule has 3 aromatic rings. The molecule has 0 aliphatic heterocycles. The first kappa shape index (κ1) is 28.1. The Morgan fingerprint density at radius 2 is 1.81 bits per heavy atom. The molecule has 1 amide bonds. The maximum atomic E-state index is 15.4. The molecule has 1 unspecified atom stereocenters. The molecule has 2 N–H and O–H groups in total. The van der Waals surface area contributed by atoms with Gasteiger partial charge in [-0.2, -0.15) is 19.6 Å². The number of benzene rings is 1. The summed E-state index contributed by atoms with van der Waals surface area (Å²) in [6.07, 6.45) is 0.996. The number of nitrogens with one attached hydrogen (secondary N) is 2. The van der Waals surface area contributed by atoms with Crippen molar-refractivity contribution in [3.8, 4) is 23.0 Å². The highest BCUT2D eigenvalue weighted by molar-refractivity contribution is 6.33. The molecule has 0 fully saturated rings. The van der Waals surface area contributed by atoms with Crippen LogP contribution in [0.1, 0.15) is 60.5 Å². The third kappa shape index (κ3) is 7.07. The number of alkyl carbamates (subject to hydrolysis) is 1. The number of fused-ring (bicyclic) bond motifs is 1. The number of anilines is 1. The van der Waals surface area contributed by atoms with E-state index >= 15 is 8.78 Å². The first-order valence-electron chi connectivity index (χ1n) is 11.8. The van der Waals surface area contributed by atoms with Crippen molar-refractivity contribution in [2.24, 2.45) is 5.41 Å². The molecule has 0 saturated carbocycles. The molecule has 0 aliphatic carbocycles. The van der Waals surface area contributed by atoms with Crippen molar-refractivity contribution < 1.29 is 18.3 Å². The Labute approximate surface area is 220 Å². The van der Waals surface area contributed by atoms with E-state index in [1.165, 1.54) is 10.8 Å². The van der Waals surface area contributed by atoms with Crippen LogP contribution in [0.15, 0.2) is 18.5 Å². The second kappa shape index (κ2) is 10.9. The van der Waals surface area contributed by atoms with Gasteiger partial charge in [-0.25, -0.2) is 13.6 Å². The van der Waals surface area contributed by atoms with Gasteiger partial charge in [-0.1, -0.05) is 44.2 Å². The van der Waals surface area contributed by atoms with Crippen molar-refractivity contribution in [3.63, 3.8) is 0 Å². The van der Waals surface area contributed by atoms with Crippen LogP contribution in [0.5, 0.6) is 0 Å². The van der Waals surface area contributed by atoms with Crippen molar-refractivity contribution in [1.29, 1.82) is 0 Å². The van der Waals surface area contributed by atoms with Gasteiger partial charge in [-0.3, -0.25) is 0 Å². The molecule has 2 aromatic heterocycles. The summed E-state index contributed by atoms with van der Waals surface area (Å²) < 4.78 is 37.2. The third-order valence-corrected chi connectivity index (χ3v) is 5.75. The van der Waals surface area contributed by atoms with E-state index in [4.69, 9.17) is 16.3 Å². The highest BCUT2D eigenvalue weighted by atomic mass is 35.5. The van der Waals surface area contributed by atoms with Gasteiger partial charge in [0.2, 0.25) is 0 Å². The molecule has 0 saturated heterocycles. The molecule has 0 spiro atoms. The van der Waals surface area contributed by atoms with E-state index in [1.54, 1.807) is 20.8 Å². The monoisotopic (exact) mass is 532 g/mol. The fourth-order valence-corrected chi connectivity index (χ4v) is 3.44. The number of hydrogen-bond donors (Lipinski definition) is 2.